The first-order chi connectivity index (χ1) is 18.6. The van der Waals surface area contributed by atoms with Gasteiger partial charge in [-0.2, -0.15) is 10.1 Å². The number of nitrogens with zero attached hydrogens (tertiary/aromatic N) is 2. The fourth-order valence-electron chi connectivity index (χ4n) is 6.33. The van der Waals surface area contributed by atoms with E-state index in [2.05, 4.69) is 45.3 Å². The summed E-state index contributed by atoms with van der Waals surface area (Å²) in [5.41, 5.74) is 6.42. The summed E-state index contributed by atoms with van der Waals surface area (Å²) in [4.78, 5) is 27.4. The highest BCUT2D eigenvalue weighted by Crippen LogP contribution is 2.60. The Morgan fingerprint density at radius 1 is 0.737 bits per heavy atom. The Morgan fingerprint density at radius 2 is 1.29 bits per heavy atom. The van der Waals surface area contributed by atoms with Crippen LogP contribution in [-0.2, 0) is 16.2 Å². The van der Waals surface area contributed by atoms with Crippen LogP contribution in [0.2, 0.25) is 0 Å². The zero-order valence-electron chi connectivity index (χ0n) is 20.3. The van der Waals surface area contributed by atoms with Crippen molar-refractivity contribution < 1.29 is 14.3 Å². The van der Waals surface area contributed by atoms with Gasteiger partial charge in [0.15, 0.2) is 0 Å². The summed E-state index contributed by atoms with van der Waals surface area (Å²) in [6, 6.07) is 31.9. The topological polar surface area (TPSA) is 59.0 Å². The van der Waals surface area contributed by atoms with Gasteiger partial charge < -0.3 is 4.74 Å². The summed E-state index contributed by atoms with van der Waals surface area (Å²) in [5.74, 6) is -0.900. The lowest BCUT2D eigenvalue weighted by molar-refractivity contribution is -0.139. The fraction of sp³-hybridized carbons (Fsp3) is 0.156. The lowest BCUT2D eigenvalue weighted by Crippen LogP contribution is -2.41. The van der Waals surface area contributed by atoms with E-state index in [0.717, 1.165) is 42.9 Å². The Labute approximate surface area is 228 Å². The predicted octanol–water partition coefficient (Wildman–Crippen LogP) is 6.25. The monoisotopic (exact) mass is 562 g/mol. The van der Waals surface area contributed by atoms with Crippen molar-refractivity contribution in [1.29, 1.82) is 0 Å². The fourth-order valence-corrected chi connectivity index (χ4v) is 6.60. The van der Waals surface area contributed by atoms with Gasteiger partial charge in [0.2, 0.25) is 0 Å². The molecule has 4 aromatic carbocycles. The van der Waals surface area contributed by atoms with Crippen LogP contribution in [0.15, 0.2) is 107 Å². The lowest BCUT2D eigenvalue weighted by atomic mass is 9.55. The minimum Gasteiger partial charge on any atom is -0.489 e. The van der Waals surface area contributed by atoms with E-state index < -0.39 is 11.8 Å². The average molecular weight is 563 g/mol. The quantitative estimate of drug-likeness (QED) is 0.213. The largest absolute Gasteiger partial charge is 0.489 e. The van der Waals surface area contributed by atoms with Crippen molar-refractivity contribution >= 4 is 34.0 Å². The Hall–Kier alpha value is -4.03. The summed E-state index contributed by atoms with van der Waals surface area (Å²) < 4.78 is 6.97. The van der Waals surface area contributed by atoms with Gasteiger partial charge in [0.1, 0.15) is 12.4 Å². The zero-order valence-corrected chi connectivity index (χ0v) is 21.9. The van der Waals surface area contributed by atoms with Crippen molar-refractivity contribution in [2.24, 2.45) is 16.9 Å². The highest BCUT2D eigenvalue weighted by molar-refractivity contribution is 9.10. The van der Waals surface area contributed by atoms with Gasteiger partial charge in [-0.3, -0.25) is 9.59 Å². The number of hydrogen-bond donors (Lipinski definition) is 0. The second-order valence-corrected chi connectivity index (χ2v) is 10.9. The molecule has 0 spiro atoms. The molecule has 4 aromatic rings. The summed E-state index contributed by atoms with van der Waals surface area (Å²) >= 11 is 3.44. The smallest absolute Gasteiger partial charge is 0.254 e. The molecule has 0 aromatic heterocycles. The van der Waals surface area contributed by atoms with E-state index in [0.29, 0.717) is 12.4 Å². The normalized spacial score (nSPS) is 22.9. The number of halogens is 1. The molecule has 1 heterocycles. The van der Waals surface area contributed by atoms with E-state index in [4.69, 9.17) is 4.74 Å². The number of carbonyl (C=O) groups is 2. The van der Waals surface area contributed by atoms with Gasteiger partial charge in [-0.25, -0.2) is 0 Å². The number of benzene rings is 4. The van der Waals surface area contributed by atoms with Crippen LogP contribution >= 0.6 is 15.9 Å². The van der Waals surface area contributed by atoms with Crippen molar-refractivity contribution in [3.05, 3.63) is 135 Å². The van der Waals surface area contributed by atoms with Crippen LogP contribution in [0.4, 0.5) is 0 Å². The molecule has 0 saturated carbocycles. The Morgan fingerprint density at radius 3 is 1.84 bits per heavy atom. The van der Waals surface area contributed by atoms with Crippen LogP contribution in [0.3, 0.4) is 0 Å². The van der Waals surface area contributed by atoms with Crippen LogP contribution in [-0.4, -0.2) is 23.0 Å². The van der Waals surface area contributed by atoms with Gasteiger partial charge in [0.25, 0.3) is 11.8 Å². The molecule has 0 unspecified atom stereocenters. The summed E-state index contributed by atoms with van der Waals surface area (Å²) in [5, 5.41) is 5.52. The van der Waals surface area contributed by atoms with E-state index in [-0.39, 0.29) is 23.7 Å². The van der Waals surface area contributed by atoms with E-state index in [1.165, 1.54) is 0 Å². The highest BCUT2D eigenvalue weighted by Gasteiger charge is 2.61. The minimum absolute atomic E-state index is 0.135. The summed E-state index contributed by atoms with van der Waals surface area (Å²) in [6.07, 6.45) is 1.57. The maximum Gasteiger partial charge on any atom is 0.254 e. The zero-order chi connectivity index (χ0) is 25.8. The minimum atomic E-state index is -0.435. The van der Waals surface area contributed by atoms with Crippen LogP contribution in [0.1, 0.15) is 45.2 Å². The molecule has 186 valence electrons. The van der Waals surface area contributed by atoms with Crippen LogP contribution in [0, 0.1) is 11.8 Å². The predicted molar refractivity (Wildman–Crippen MR) is 148 cm³/mol. The molecule has 1 aliphatic heterocycles. The van der Waals surface area contributed by atoms with Crippen molar-refractivity contribution in [3.63, 3.8) is 0 Å². The number of hydrazone groups is 1. The SMILES string of the molecule is O=C1[C@@H]2C3c4ccccc4C(c4ccccc43)[C@H]2C(=O)N1/N=C\c1cccc(OCc2ccc(Br)cc2)c1. The van der Waals surface area contributed by atoms with Gasteiger partial charge in [-0.15, -0.1) is 0 Å². The molecule has 2 bridgehead atoms. The van der Waals surface area contributed by atoms with E-state index in [1.807, 2.05) is 72.8 Å². The number of amides is 2. The molecule has 5 nitrogen and oxygen atoms in total. The molecular formula is C32H23BrN2O3. The molecule has 2 amide bonds. The molecule has 8 rings (SSSR count). The molecule has 6 heteroatoms. The molecule has 1 fully saturated rings. The number of imide groups is 1. The second-order valence-electron chi connectivity index (χ2n) is 9.99. The first kappa shape index (κ1) is 23.1. The highest BCUT2D eigenvalue weighted by atomic mass is 79.9. The first-order valence-electron chi connectivity index (χ1n) is 12.7. The van der Waals surface area contributed by atoms with E-state index in [9.17, 15) is 9.59 Å². The molecule has 2 atom stereocenters. The molecule has 38 heavy (non-hydrogen) atoms. The van der Waals surface area contributed by atoms with E-state index >= 15 is 0 Å². The Balaban J connectivity index is 1.15. The molecule has 4 aliphatic rings. The standard InChI is InChI=1S/C32H23BrN2O3/c33-21-14-12-19(13-15-21)18-38-22-7-5-6-20(16-22)17-34-35-31(36)29-27-23-8-1-2-9-24(23)28(30(29)32(35)37)26-11-4-3-10-25(26)27/h1-17,27-30H,18H2/b34-17-/t27?,28?,29-,30-/m1/s1. The van der Waals surface area contributed by atoms with Gasteiger partial charge >= 0.3 is 0 Å². The van der Waals surface area contributed by atoms with Gasteiger partial charge in [-0.05, 0) is 57.6 Å². The number of rotatable bonds is 5. The number of ether oxygens (including phenoxy) is 1. The number of carbonyl (C=O) groups excluding carboxylic acids is 2. The maximum atomic E-state index is 13.7. The Kier molecular flexibility index (Phi) is 5.51. The van der Waals surface area contributed by atoms with E-state index in [1.54, 1.807) is 6.21 Å². The maximum absolute atomic E-state index is 13.7. The van der Waals surface area contributed by atoms with Gasteiger partial charge in [0, 0.05) is 16.3 Å². The molecule has 0 radical (unpaired) electrons. The summed E-state index contributed by atoms with van der Waals surface area (Å²) in [6.45, 7) is 0.435. The van der Waals surface area contributed by atoms with Gasteiger partial charge in [0.05, 0.1) is 18.1 Å². The molecule has 3 aliphatic carbocycles. The third-order valence-corrected chi connectivity index (χ3v) is 8.45. The first-order valence-corrected chi connectivity index (χ1v) is 13.5. The lowest BCUT2D eigenvalue weighted by Gasteiger charge is -2.45. The number of hydrogen-bond acceptors (Lipinski definition) is 4. The van der Waals surface area contributed by atoms with Crippen molar-refractivity contribution in [1.82, 2.24) is 5.01 Å². The van der Waals surface area contributed by atoms with Crippen molar-refractivity contribution in [2.75, 3.05) is 0 Å². The third kappa shape index (κ3) is 3.63. The second kappa shape index (κ2) is 9.07. The van der Waals surface area contributed by atoms with Crippen LogP contribution in [0.25, 0.3) is 0 Å². The van der Waals surface area contributed by atoms with Gasteiger partial charge in [-0.1, -0.05) is 88.7 Å². The summed E-state index contributed by atoms with van der Waals surface area (Å²) in [7, 11) is 0. The average Bonchev–Trinajstić information content (AvgIpc) is 3.21. The third-order valence-electron chi connectivity index (χ3n) is 7.92. The molecular weight excluding hydrogens is 540 g/mol. The Bertz CT molecular complexity index is 1500. The molecule has 0 N–H and O–H groups in total. The molecule has 1 saturated heterocycles. The van der Waals surface area contributed by atoms with Crippen molar-refractivity contribution in [2.45, 2.75) is 18.4 Å². The van der Waals surface area contributed by atoms with Crippen molar-refractivity contribution in [3.8, 4) is 5.75 Å². The van der Waals surface area contributed by atoms with Crippen LogP contribution in [0.5, 0.6) is 5.75 Å². The van der Waals surface area contributed by atoms with Crippen LogP contribution < -0.4 is 4.74 Å².